The van der Waals surface area contributed by atoms with E-state index in [2.05, 4.69) is 0 Å². The van der Waals surface area contributed by atoms with Crippen molar-refractivity contribution < 1.29 is 9.18 Å². The van der Waals surface area contributed by atoms with Gasteiger partial charge in [0.25, 0.3) is 5.56 Å². The van der Waals surface area contributed by atoms with Crippen LogP contribution in [0.3, 0.4) is 0 Å². The topological polar surface area (TPSA) is 87.1 Å². The number of hydrogen-bond acceptors (Lipinski definition) is 3. The van der Waals surface area contributed by atoms with E-state index in [1.807, 2.05) is 0 Å². The van der Waals surface area contributed by atoms with E-state index in [0.717, 1.165) is 15.2 Å². The summed E-state index contributed by atoms with van der Waals surface area (Å²) in [5.41, 5.74) is 4.22. The van der Waals surface area contributed by atoms with Crippen LogP contribution in [0, 0.1) is 5.82 Å². The van der Waals surface area contributed by atoms with Gasteiger partial charge in [0.15, 0.2) is 0 Å². The number of carbonyl (C=O) groups excluding carboxylic acids is 1. The summed E-state index contributed by atoms with van der Waals surface area (Å²) >= 11 is 5.74. The van der Waals surface area contributed by atoms with Crippen LogP contribution in [0.4, 0.5) is 4.39 Å². The Morgan fingerprint density at radius 3 is 2.54 bits per heavy atom. The van der Waals surface area contributed by atoms with Gasteiger partial charge in [-0.15, -0.1) is 0 Å². The minimum Gasteiger partial charge on any atom is -0.368 e. The van der Waals surface area contributed by atoms with E-state index < -0.39 is 29.5 Å². The van der Waals surface area contributed by atoms with E-state index in [1.165, 1.54) is 18.2 Å². The fraction of sp³-hybridized carbons (Fsp3) is 0.0625. The SMILES string of the molecule is NC(=O)Cn1c(=O)n(-c2ccc(F)c(Cl)c2)c(=O)c2ccccc21. The zero-order chi connectivity index (χ0) is 17.4. The lowest BCUT2D eigenvalue weighted by Crippen LogP contribution is -2.41. The molecule has 3 rings (SSSR count). The molecule has 1 heterocycles. The van der Waals surface area contributed by atoms with Crippen molar-refractivity contribution in [3.63, 3.8) is 0 Å². The molecule has 6 nitrogen and oxygen atoms in total. The summed E-state index contributed by atoms with van der Waals surface area (Å²) in [5, 5.41) is -0.00722. The van der Waals surface area contributed by atoms with E-state index in [-0.39, 0.29) is 21.6 Å². The third-order valence-corrected chi connectivity index (χ3v) is 3.82. The molecule has 2 aromatic carbocycles. The summed E-state index contributed by atoms with van der Waals surface area (Å²) in [7, 11) is 0. The second-order valence-corrected chi connectivity index (χ2v) is 5.50. The summed E-state index contributed by atoms with van der Waals surface area (Å²) in [5.74, 6) is -1.41. The number of primary amides is 1. The normalized spacial score (nSPS) is 10.9. The van der Waals surface area contributed by atoms with Gasteiger partial charge in [-0.25, -0.2) is 13.8 Å². The van der Waals surface area contributed by atoms with Crippen LogP contribution in [0.5, 0.6) is 0 Å². The van der Waals surface area contributed by atoms with Crippen LogP contribution in [-0.2, 0) is 11.3 Å². The number of carbonyl (C=O) groups is 1. The summed E-state index contributed by atoms with van der Waals surface area (Å²) in [6.07, 6.45) is 0. The standard InChI is InChI=1S/C16H11ClFN3O3/c17-11-7-9(5-6-12(11)18)21-15(23)10-3-1-2-4-13(10)20(16(21)24)8-14(19)22/h1-7H,8H2,(H2,19,22). The van der Waals surface area contributed by atoms with Crippen molar-refractivity contribution in [1.82, 2.24) is 9.13 Å². The number of para-hydroxylation sites is 1. The van der Waals surface area contributed by atoms with Crippen LogP contribution >= 0.6 is 11.6 Å². The van der Waals surface area contributed by atoms with Gasteiger partial charge in [-0.2, -0.15) is 0 Å². The number of nitrogens with two attached hydrogens (primary N) is 1. The first-order valence-electron chi connectivity index (χ1n) is 6.88. The maximum Gasteiger partial charge on any atom is 0.336 e. The molecule has 1 aromatic heterocycles. The van der Waals surface area contributed by atoms with E-state index in [1.54, 1.807) is 18.2 Å². The van der Waals surface area contributed by atoms with Crippen molar-refractivity contribution in [3.8, 4) is 5.69 Å². The van der Waals surface area contributed by atoms with Crippen molar-refractivity contribution in [2.75, 3.05) is 0 Å². The van der Waals surface area contributed by atoms with Gasteiger partial charge in [0.1, 0.15) is 12.4 Å². The average Bonchev–Trinajstić information content (AvgIpc) is 2.55. The molecule has 0 spiro atoms. The monoisotopic (exact) mass is 347 g/mol. The molecule has 0 saturated heterocycles. The maximum atomic E-state index is 13.4. The fourth-order valence-corrected chi connectivity index (χ4v) is 2.66. The first kappa shape index (κ1) is 15.9. The van der Waals surface area contributed by atoms with Crippen molar-refractivity contribution in [1.29, 1.82) is 0 Å². The predicted molar refractivity (Wildman–Crippen MR) is 88.0 cm³/mol. The van der Waals surface area contributed by atoms with E-state index in [4.69, 9.17) is 17.3 Å². The number of nitrogens with zero attached hydrogens (tertiary/aromatic N) is 2. The molecule has 8 heteroatoms. The summed E-state index contributed by atoms with van der Waals surface area (Å²) in [6, 6.07) is 9.81. The predicted octanol–water partition coefficient (Wildman–Crippen LogP) is 1.43. The molecule has 0 atom stereocenters. The second-order valence-electron chi connectivity index (χ2n) is 5.09. The minimum absolute atomic E-state index is 0.0976. The van der Waals surface area contributed by atoms with Gasteiger partial charge in [-0.1, -0.05) is 23.7 Å². The van der Waals surface area contributed by atoms with E-state index >= 15 is 0 Å². The molecule has 2 N–H and O–H groups in total. The molecule has 24 heavy (non-hydrogen) atoms. The quantitative estimate of drug-likeness (QED) is 0.777. The van der Waals surface area contributed by atoms with Gasteiger partial charge in [0.2, 0.25) is 5.91 Å². The molecule has 0 bridgehead atoms. The van der Waals surface area contributed by atoms with E-state index in [9.17, 15) is 18.8 Å². The molecule has 0 unspecified atom stereocenters. The van der Waals surface area contributed by atoms with Gasteiger partial charge < -0.3 is 5.73 Å². The fourth-order valence-electron chi connectivity index (χ4n) is 2.48. The number of rotatable bonds is 3. The lowest BCUT2D eigenvalue weighted by Gasteiger charge is -2.13. The number of amides is 1. The van der Waals surface area contributed by atoms with Crippen LogP contribution in [0.1, 0.15) is 0 Å². The smallest absolute Gasteiger partial charge is 0.336 e. The Morgan fingerprint density at radius 1 is 1.17 bits per heavy atom. The van der Waals surface area contributed by atoms with Crippen LogP contribution in [0.2, 0.25) is 5.02 Å². The van der Waals surface area contributed by atoms with Gasteiger partial charge in [0.05, 0.1) is 21.6 Å². The number of benzene rings is 2. The van der Waals surface area contributed by atoms with Crippen molar-refractivity contribution in [2.24, 2.45) is 5.73 Å². The molecule has 1 amide bonds. The van der Waals surface area contributed by atoms with Crippen LogP contribution < -0.4 is 17.0 Å². The number of halogens is 2. The highest BCUT2D eigenvalue weighted by atomic mass is 35.5. The molecule has 0 aliphatic heterocycles. The Labute approximate surface area is 139 Å². The Hall–Kier alpha value is -2.93. The zero-order valence-corrected chi connectivity index (χ0v) is 13.0. The van der Waals surface area contributed by atoms with Gasteiger partial charge >= 0.3 is 5.69 Å². The van der Waals surface area contributed by atoms with E-state index in [0.29, 0.717) is 0 Å². The molecule has 0 saturated carbocycles. The Kier molecular flexibility index (Phi) is 3.94. The molecule has 3 aromatic rings. The second kappa shape index (κ2) is 5.93. The molecule has 122 valence electrons. The molecular formula is C16H11ClFN3O3. The van der Waals surface area contributed by atoms with Crippen molar-refractivity contribution in [3.05, 3.63) is 74.1 Å². The highest BCUT2D eigenvalue weighted by molar-refractivity contribution is 6.30. The van der Waals surface area contributed by atoms with Crippen LogP contribution in [0.15, 0.2) is 52.1 Å². The number of fused-ring (bicyclic) bond motifs is 1. The first-order valence-corrected chi connectivity index (χ1v) is 7.26. The third-order valence-electron chi connectivity index (χ3n) is 3.53. The first-order chi connectivity index (χ1) is 11.4. The zero-order valence-electron chi connectivity index (χ0n) is 12.2. The Balaban J connectivity index is 2.44. The van der Waals surface area contributed by atoms with Gasteiger partial charge in [0, 0.05) is 0 Å². The molecular weight excluding hydrogens is 337 g/mol. The Morgan fingerprint density at radius 2 is 1.88 bits per heavy atom. The lowest BCUT2D eigenvalue weighted by molar-refractivity contribution is -0.118. The minimum atomic E-state index is -0.764. The molecule has 0 aliphatic carbocycles. The summed E-state index contributed by atoms with van der Waals surface area (Å²) in [4.78, 5) is 36.7. The average molecular weight is 348 g/mol. The maximum absolute atomic E-state index is 13.4. The molecule has 0 radical (unpaired) electrons. The largest absolute Gasteiger partial charge is 0.368 e. The Bertz CT molecular complexity index is 1090. The van der Waals surface area contributed by atoms with Gasteiger partial charge in [-0.05, 0) is 30.3 Å². The van der Waals surface area contributed by atoms with Crippen molar-refractivity contribution in [2.45, 2.75) is 6.54 Å². The third kappa shape index (κ3) is 2.59. The molecule has 0 fully saturated rings. The van der Waals surface area contributed by atoms with Crippen LogP contribution in [-0.4, -0.2) is 15.0 Å². The van der Waals surface area contributed by atoms with Crippen LogP contribution in [0.25, 0.3) is 16.6 Å². The highest BCUT2D eigenvalue weighted by Crippen LogP contribution is 2.18. The number of aromatic nitrogens is 2. The summed E-state index contributed by atoms with van der Waals surface area (Å²) < 4.78 is 15.3. The lowest BCUT2D eigenvalue weighted by atomic mass is 10.2. The molecule has 0 aliphatic rings. The van der Waals surface area contributed by atoms with Gasteiger partial charge in [-0.3, -0.25) is 14.2 Å². The number of hydrogen-bond donors (Lipinski definition) is 1. The summed E-state index contributed by atoms with van der Waals surface area (Å²) in [6.45, 7) is -0.394. The highest BCUT2D eigenvalue weighted by Gasteiger charge is 2.16. The van der Waals surface area contributed by atoms with Crippen molar-refractivity contribution >= 4 is 28.4 Å².